The quantitative estimate of drug-likeness (QED) is 0.166. The fourth-order valence-electron chi connectivity index (χ4n) is 8.94. The van der Waals surface area contributed by atoms with Gasteiger partial charge in [-0.05, 0) is 97.6 Å². The van der Waals surface area contributed by atoms with Crippen molar-refractivity contribution in [2.45, 2.75) is 57.8 Å². The summed E-state index contributed by atoms with van der Waals surface area (Å²) in [6.07, 6.45) is 11.7. The summed E-state index contributed by atoms with van der Waals surface area (Å²) in [6, 6.07) is 37.0. The van der Waals surface area contributed by atoms with Crippen LogP contribution in [-0.4, -0.2) is 12.3 Å². The van der Waals surface area contributed by atoms with Gasteiger partial charge in [0.25, 0.3) is 0 Å². The van der Waals surface area contributed by atoms with E-state index in [9.17, 15) is 4.79 Å². The lowest BCUT2D eigenvalue weighted by molar-refractivity contribution is 0.103. The predicted octanol–water partition coefficient (Wildman–Crippen LogP) is 12.3. The summed E-state index contributed by atoms with van der Waals surface area (Å²) in [7, 11) is 0. The van der Waals surface area contributed by atoms with E-state index in [1.807, 2.05) is 17.4 Å². The normalized spacial score (nSPS) is 18.7. The van der Waals surface area contributed by atoms with Crippen molar-refractivity contribution in [3.8, 4) is 22.3 Å². The number of Topliss-reactive ketones (excluding diaryl/α,β-unsaturated/α-hetero) is 1. The molecule has 0 bridgehead atoms. The van der Waals surface area contributed by atoms with Crippen molar-refractivity contribution in [1.29, 1.82) is 0 Å². The highest BCUT2D eigenvalue weighted by Crippen LogP contribution is 2.52. The first-order chi connectivity index (χ1) is 24.0. The maximum atomic E-state index is 14.2. The highest BCUT2D eigenvalue weighted by atomic mass is 32.1. The molecule has 6 aromatic rings. The Balaban J connectivity index is 1.13. The van der Waals surface area contributed by atoms with Crippen LogP contribution < -0.4 is 4.90 Å². The van der Waals surface area contributed by atoms with E-state index in [0.29, 0.717) is 6.42 Å². The molecular weight excluding hydrogens is 615 g/mol. The van der Waals surface area contributed by atoms with E-state index < -0.39 is 0 Å². The molecule has 5 aromatic carbocycles. The van der Waals surface area contributed by atoms with Crippen LogP contribution >= 0.6 is 11.3 Å². The molecule has 0 radical (unpaired) electrons. The topological polar surface area (TPSA) is 20.3 Å². The number of carbonyl (C=O) groups excluding carboxylic acids is 1. The number of fused-ring (bicyclic) bond motifs is 6. The van der Waals surface area contributed by atoms with Crippen LogP contribution in [0.4, 0.5) is 5.69 Å². The Bertz CT molecular complexity index is 2300. The number of hydrogen-bond acceptors (Lipinski definition) is 3. The first-order valence-corrected chi connectivity index (χ1v) is 18.8. The zero-order valence-corrected chi connectivity index (χ0v) is 29.2. The maximum Gasteiger partial charge on any atom is 0.189 e. The van der Waals surface area contributed by atoms with Gasteiger partial charge in [-0.25, -0.2) is 0 Å². The summed E-state index contributed by atoms with van der Waals surface area (Å²) in [5.41, 5.74) is 11.2. The predicted molar refractivity (Wildman–Crippen MR) is 208 cm³/mol. The summed E-state index contributed by atoms with van der Waals surface area (Å²) >= 11 is 1.84. The maximum absolute atomic E-state index is 14.2. The molecule has 2 heterocycles. The van der Waals surface area contributed by atoms with Crippen molar-refractivity contribution in [3.63, 3.8) is 0 Å². The van der Waals surface area contributed by atoms with E-state index in [0.717, 1.165) is 40.3 Å². The minimum absolute atomic E-state index is 0.153. The highest BCUT2D eigenvalue weighted by molar-refractivity contribution is 7.18. The largest absolute Gasteiger partial charge is 0.344 e. The molecule has 0 spiro atoms. The Morgan fingerprint density at radius 2 is 1.47 bits per heavy atom. The number of thiophene rings is 1. The number of carbonyl (C=O) groups is 1. The lowest BCUT2D eigenvalue weighted by Crippen LogP contribution is -2.28. The zero-order valence-electron chi connectivity index (χ0n) is 28.3. The monoisotopic (exact) mass is 655 g/mol. The Morgan fingerprint density at radius 1 is 0.776 bits per heavy atom. The van der Waals surface area contributed by atoms with Gasteiger partial charge < -0.3 is 4.90 Å². The highest BCUT2D eigenvalue weighted by Gasteiger charge is 2.41. The molecule has 2 nitrogen and oxygen atoms in total. The van der Waals surface area contributed by atoms with Crippen molar-refractivity contribution in [2.75, 3.05) is 11.4 Å². The summed E-state index contributed by atoms with van der Waals surface area (Å²) in [4.78, 5) is 16.8. The number of benzene rings is 5. The second kappa shape index (κ2) is 12.0. The van der Waals surface area contributed by atoms with Crippen LogP contribution in [0.2, 0.25) is 0 Å². The second-order valence-electron chi connectivity index (χ2n) is 14.7. The van der Waals surface area contributed by atoms with Crippen molar-refractivity contribution in [3.05, 3.63) is 149 Å². The standard InChI is InChI=1S/C46H41NOS/c1-46(2)42(47(25-23-30-11-9-10-12-30)41-21-20-37-36(43(41)46)19-17-33-24-26-49-45(33)37)22-18-34-27-35-28-38(31-13-5-3-6-14-31)39(29-40(35)44(34)48)32-15-7-4-8-16-32/h3-8,13-22,24,26,28-30H,9-12,23,25,27H2,1-2H3/b34-18-,42-22-. The molecule has 1 fully saturated rings. The average Bonchev–Trinajstić information content (AvgIpc) is 3.93. The van der Waals surface area contributed by atoms with Gasteiger partial charge in [-0.2, -0.15) is 0 Å². The number of ketones is 1. The van der Waals surface area contributed by atoms with Crippen molar-refractivity contribution in [2.24, 2.45) is 5.92 Å². The van der Waals surface area contributed by atoms with Crippen molar-refractivity contribution in [1.82, 2.24) is 0 Å². The van der Waals surface area contributed by atoms with Gasteiger partial charge in [-0.3, -0.25) is 4.79 Å². The molecule has 3 aliphatic rings. The van der Waals surface area contributed by atoms with Gasteiger partial charge in [0, 0.05) is 45.6 Å². The summed E-state index contributed by atoms with van der Waals surface area (Å²) < 4.78 is 1.37. The average molecular weight is 656 g/mol. The van der Waals surface area contributed by atoms with E-state index >= 15 is 0 Å². The van der Waals surface area contributed by atoms with Crippen molar-refractivity contribution >= 4 is 43.7 Å². The third-order valence-electron chi connectivity index (χ3n) is 11.4. The molecule has 242 valence electrons. The van der Waals surface area contributed by atoms with Crippen LogP contribution in [0.1, 0.15) is 67.4 Å². The van der Waals surface area contributed by atoms with Crippen LogP contribution in [0, 0.1) is 5.92 Å². The Hall–Kier alpha value is -4.73. The number of nitrogens with zero attached hydrogens (tertiary/aromatic N) is 1. The van der Waals surface area contributed by atoms with E-state index in [-0.39, 0.29) is 11.2 Å². The molecule has 0 saturated heterocycles. The third kappa shape index (κ3) is 5.09. The van der Waals surface area contributed by atoms with Crippen LogP contribution in [0.5, 0.6) is 0 Å². The SMILES string of the molecule is CC1(C)/C(=C/C=C2/Cc3cc(-c4ccccc4)c(-c4ccccc4)cc3C2=O)N(CCC2CCCC2)c2ccc3c(ccc4ccsc43)c21. The molecule has 0 unspecified atom stereocenters. The van der Waals surface area contributed by atoms with Gasteiger partial charge >= 0.3 is 0 Å². The smallest absolute Gasteiger partial charge is 0.189 e. The molecule has 0 amide bonds. The summed E-state index contributed by atoms with van der Waals surface area (Å²) in [5, 5.41) is 6.22. The molecule has 3 heteroatoms. The Labute approximate surface area is 293 Å². The Kier molecular flexibility index (Phi) is 7.43. The van der Waals surface area contributed by atoms with E-state index in [1.54, 1.807) is 0 Å². The van der Waals surface area contributed by atoms with Gasteiger partial charge in [0.2, 0.25) is 0 Å². The van der Waals surface area contributed by atoms with Crippen molar-refractivity contribution < 1.29 is 4.79 Å². The van der Waals surface area contributed by atoms with Crippen LogP contribution in [-0.2, 0) is 11.8 Å². The fourth-order valence-corrected chi connectivity index (χ4v) is 9.86. The summed E-state index contributed by atoms with van der Waals surface area (Å²) in [5.74, 6) is 0.960. The van der Waals surface area contributed by atoms with Gasteiger partial charge in [0.05, 0.1) is 0 Å². The first-order valence-electron chi connectivity index (χ1n) is 17.9. The molecule has 49 heavy (non-hydrogen) atoms. The number of anilines is 1. The van der Waals surface area contributed by atoms with E-state index in [4.69, 9.17) is 0 Å². The molecular formula is C46H41NOS. The zero-order chi connectivity index (χ0) is 33.1. The minimum atomic E-state index is -0.206. The van der Waals surface area contributed by atoms with Gasteiger partial charge in [-0.1, -0.05) is 124 Å². The summed E-state index contributed by atoms with van der Waals surface area (Å²) in [6.45, 7) is 5.78. The lowest BCUT2D eigenvalue weighted by Gasteiger charge is -2.28. The molecule has 2 aliphatic carbocycles. The third-order valence-corrected chi connectivity index (χ3v) is 12.4. The molecule has 9 rings (SSSR count). The van der Waals surface area contributed by atoms with Gasteiger partial charge in [-0.15, -0.1) is 11.3 Å². The lowest BCUT2D eigenvalue weighted by atomic mass is 9.81. The minimum Gasteiger partial charge on any atom is -0.344 e. The van der Waals surface area contributed by atoms with E-state index in [1.165, 1.54) is 81.0 Å². The van der Waals surface area contributed by atoms with E-state index in [2.05, 4.69) is 133 Å². The molecule has 1 saturated carbocycles. The van der Waals surface area contributed by atoms with Crippen LogP contribution in [0.25, 0.3) is 43.1 Å². The number of hydrogen-bond donors (Lipinski definition) is 0. The fraction of sp³-hybridized carbons (Fsp3) is 0.239. The van der Waals surface area contributed by atoms with Crippen LogP contribution in [0.3, 0.4) is 0 Å². The van der Waals surface area contributed by atoms with Gasteiger partial charge in [0.1, 0.15) is 0 Å². The number of rotatable bonds is 6. The molecule has 1 aliphatic heterocycles. The van der Waals surface area contributed by atoms with Gasteiger partial charge in [0.15, 0.2) is 5.78 Å². The molecule has 0 atom stereocenters. The Morgan fingerprint density at radius 3 is 2.20 bits per heavy atom. The molecule has 0 N–H and O–H groups in total. The molecule has 1 aromatic heterocycles. The second-order valence-corrected chi connectivity index (χ2v) is 15.6. The number of allylic oxidation sites excluding steroid dienone is 4. The van der Waals surface area contributed by atoms with Crippen LogP contribution in [0.15, 0.2) is 132 Å². The first kappa shape index (κ1) is 30.3.